The summed E-state index contributed by atoms with van der Waals surface area (Å²) in [4.78, 5) is 17.7. The normalized spacial score (nSPS) is 14.9. The first kappa shape index (κ1) is 13.8. The van der Waals surface area contributed by atoms with Gasteiger partial charge in [-0.3, -0.25) is 4.90 Å². The monoisotopic (exact) mass is 287 g/mol. The SMILES string of the molecule is CCc1noc(CN2CCc3c(cccc3C(=O)O)C2)n1. The number of carboxylic acid groups (broad SMARTS) is 1. The number of aromatic carboxylic acids is 1. The van der Waals surface area contributed by atoms with Crippen LogP contribution in [0.15, 0.2) is 22.7 Å². The van der Waals surface area contributed by atoms with Crippen LogP contribution in [0.2, 0.25) is 0 Å². The number of carboxylic acids is 1. The lowest BCUT2D eigenvalue weighted by Crippen LogP contribution is -2.31. The molecule has 0 bridgehead atoms. The molecule has 21 heavy (non-hydrogen) atoms. The summed E-state index contributed by atoms with van der Waals surface area (Å²) in [5.74, 6) is 0.477. The molecule has 2 aromatic rings. The largest absolute Gasteiger partial charge is 0.478 e. The van der Waals surface area contributed by atoms with Gasteiger partial charge in [0, 0.05) is 19.5 Å². The predicted molar refractivity (Wildman–Crippen MR) is 74.9 cm³/mol. The quantitative estimate of drug-likeness (QED) is 0.925. The van der Waals surface area contributed by atoms with Gasteiger partial charge in [-0.1, -0.05) is 24.2 Å². The van der Waals surface area contributed by atoms with Crippen LogP contribution in [0, 0.1) is 0 Å². The first-order chi connectivity index (χ1) is 10.2. The van der Waals surface area contributed by atoms with Crippen LogP contribution in [0.4, 0.5) is 0 Å². The van der Waals surface area contributed by atoms with Gasteiger partial charge in [-0.2, -0.15) is 4.98 Å². The van der Waals surface area contributed by atoms with Crippen LogP contribution in [0.25, 0.3) is 0 Å². The Labute approximate surface area is 122 Å². The minimum atomic E-state index is -0.857. The molecule has 6 heteroatoms. The highest BCUT2D eigenvalue weighted by molar-refractivity contribution is 5.89. The Kier molecular flexibility index (Phi) is 3.70. The van der Waals surface area contributed by atoms with Crippen molar-refractivity contribution < 1.29 is 14.4 Å². The zero-order valence-corrected chi connectivity index (χ0v) is 11.9. The summed E-state index contributed by atoms with van der Waals surface area (Å²) in [7, 11) is 0. The number of nitrogens with zero attached hydrogens (tertiary/aromatic N) is 3. The van der Waals surface area contributed by atoms with Gasteiger partial charge in [-0.25, -0.2) is 4.79 Å². The second-order valence-electron chi connectivity index (χ2n) is 5.17. The lowest BCUT2D eigenvalue weighted by atomic mass is 9.94. The van der Waals surface area contributed by atoms with E-state index >= 15 is 0 Å². The molecule has 1 N–H and O–H groups in total. The van der Waals surface area contributed by atoms with Crippen molar-refractivity contribution in [2.24, 2.45) is 0 Å². The van der Waals surface area contributed by atoms with E-state index in [1.807, 2.05) is 13.0 Å². The van der Waals surface area contributed by atoms with Crippen LogP contribution >= 0.6 is 0 Å². The topological polar surface area (TPSA) is 79.5 Å². The molecule has 1 aliphatic rings. The Bertz CT molecular complexity index is 666. The number of carbonyl (C=O) groups is 1. The van der Waals surface area contributed by atoms with E-state index in [-0.39, 0.29) is 0 Å². The fourth-order valence-electron chi connectivity index (χ4n) is 2.69. The fourth-order valence-corrected chi connectivity index (χ4v) is 2.69. The number of hydrogen-bond acceptors (Lipinski definition) is 5. The number of aromatic nitrogens is 2. The molecule has 110 valence electrons. The maximum atomic E-state index is 11.2. The van der Waals surface area contributed by atoms with E-state index in [1.54, 1.807) is 12.1 Å². The Balaban J connectivity index is 1.75. The summed E-state index contributed by atoms with van der Waals surface area (Å²) in [5.41, 5.74) is 2.43. The summed E-state index contributed by atoms with van der Waals surface area (Å²) in [6, 6.07) is 5.45. The van der Waals surface area contributed by atoms with Gasteiger partial charge >= 0.3 is 5.97 Å². The summed E-state index contributed by atoms with van der Waals surface area (Å²) < 4.78 is 5.21. The second-order valence-corrected chi connectivity index (χ2v) is 5.17. The molecule has 3 rings (SSSR count). The van der Waals surface area contributed by atoms with Crippen LogP contribution in [-0.4, -0.2) is 32.7 Å². The van der Waals surface area contributed by atoms with Gasteiger partial charge < -0.3 is 9.63 Å². The van der Waals surface area contributed by atoms with Gasteiger partial charge in [0.05, 0.1) is 12.1 Å². The summed E-state index contributed by atoms with van der Waals surface area (Å²) >= 11 is 0. The zero-order valence-electron chi connectivity index (χ0n) is 11.9. The molecule has 0 saturated heterocycles. The molecule has 0 unspecified atom stereocenters. The molecule has 2 heterocycles. The van der Waals surface area contributed by atoms with E-state index in [0.29, 0.717) is 24.5 Å². The van der Waals surface area contributed by atoms with Gasteiger partial charge in [0.1, 0.15) is 0 Å². The van der Waals surface area contributed by atoms with Crippen LogP contribution in [0.5, 0.6) is 0 Å². The predicted octanol–water partition coefficient (Wildman–Crippen LogP) is 1.89. The average Bonchev–Trinajstić information content (AvgIpc) is 2.94. The van der Waals surface area contributed by atoms with E-state index < -0.39 is 5.97 Å². The number of aryl methyl sites for hydroxylation is 1. The van der Waals surface area contributed by atoms with Gasteiger partial charge in [0.15, 0.2) is 5.82 Å². The van der Waals surface area contributed by atoms with E-state index in [9.17, 15) is 9.90 Å². The van der Waals surface area contributed by atoms with Crippen molar-refractivity contribution in [1.82, 2.24) is 15.0 Å². The van der Waals surface area contributed by atoms with Gasteiger partial charge in [0.25, 0.3) is 0 Å². The van der Waals surface area contributed by atoms with E-state index in [2.05, 4.69) is 15.0 Å². The number of fused-ring (bicyclic) bond motifs is 1. The zero-order chi connectivity index (χ0) is 14.8. The number of rotatable bonds is 4. The molecular weight excluding hydrogens is 270 g/mol. The standard InChI is InChI=1S/C15H17N3O3/c1-2-13-16-14(21-17-13)9-18-7-6-11-10(8-18)4-3-5-12(11)15(19)20/h3-5H,2,6-9H2,1H3,(H,19,20). The van der Waals surface area contributed by atoms with Gasteiger partial charge in [0.2, 0.25) is 5.89 Å². The maximum Gasteiger partial charge on any atom is 0.335 e. The molecule has 6 nitrogen and oxygen atoms in total. The smallest absolute Gasteiger partial charge is 0.335 e. The van der Waals surface area contributed by atoms with Crippen molar-refractivity contribution in [3.05, 3.63) is 46.6 Å². The second kappa shape index (κ2) is 5.65. The molecule has 1 aromatic carbocycles. The molecule has 0 aliphatic carbocycles. The van der Waals surface area contributed by atoms with Crippen molar-refractivity contribution >= 4 is 5.97 Å². The highest BCUT2D eigenvalue weighted by Gasteiger charge is 2.22. The third kappa shape index (κ3) is 2.80. The molecule has 1 aromatic heterocycles. The molecule has 0 spiro atoms. The molecule has 0 atom stereocenters. The van der Waals surface area contributed by atoms with Crippen LogP contribution in [-0.2, 0) is 25.9 Å². The molecule has 0 radical (unpaired) electrons. The third-order valence-electron chi connectivity index (χ3n) is 3.76. The lowest BCUT2D eigenvalue weighted by Gasteiger charge is -2.28. The van der Waals surface area contributed by atoms with Gasteiger partial charge in [-0.15, -0.1) is 0 Å². The Morgan fingerprint density at radius 1 is 1.48 bits per heavy atom. The molecule has 0 fully saturated rings. The highest BCUT2D eigenvalue weighted by atomic mass is 16.5. The molecular formula is C15H17N3O3. The summed E-state index contributed by atoms with van der Waals surface area (Å²) in [6.07, 6.45) is 1.49. The number of benzene rings is 1. The third-order valence-corrected chi connectivity index (χ3v) is 3.76. The molecule has 1 aliphatic heterocycles. The van der Waals surface area contributed by atoms with Crippen LogP contribution in [0.3, 0.4) is 0 Å². The van der Waals surface area contributed by atoms with E-state index in [4.69, 9.17) is 4.52 Å². The Morgan fingerprint density at radius 3 is 3.05 bits per heavy atom. The Hall–Kier alpha value is -2.21. The summed E-state index contributed by atoms with van der Waals surface area (Å²) in [6.45, 7) is 4.09. The maximum absolute atomic E-state index is 11.2. The van der Waals surface area contributed by atoms with Gasteiger partial charge in [-0.05, 0) is 23.6 Å². The van der Waals surface area contributed by atoms with Crippen molar-refractivity contribution in [2.45, 2.75) is 32.9 Å². The minimum Gasteiger partial charge on any atom is -0.478 e. The van der Waals surface area contributed by atoms with Crippen LogP contribution in [0.1, 0.15) is 40.1 Å². The lowest BCUT2D eigenvalue weighted by molar-refractivity contribution is 0.0694. The first-order valence-electron chi connectivity index (χ1n) is 7.05. The van der Waals surface area contributed by atoms with E-state index in [0.717, 1.165) is 36.3 Å². The van der Waals surface area contributed by atoms with Crippen molar-refractivity contribution in [2.75, 3.05) is 6.54 Å². The molecule has 0 amide bonds. The first-order valence-corrected chi connectivity index (χ1v) is 7.05. The Morgan fingerprint density at radius 2 is 2.33 bits per heavy atom. The van der Waals surface area contributed by atoms with Crippen molar-refractivity contribution in [3.63, 3.8) is 0 Å². The summed E-state index contributed by atoms with van der Waals surface area (Å²) in [5, 5.41) is 13.1. The molecule has 0 saturated carbocycles. The highest BCUT2D eigenvalue weighted by Crippen LogP contribution is 2.23. The average molecular weight is 287 g/mol. The minimum absolute atomic E-state index is 0.415. The number of hydrogen-bond donors (Lipinski definition) is 1. The van der Waals surface area contributed by atoms with Crippen molar-refractivity contribution in [3.8, 4) is 0 Å². The fraction of sp³-hybridized carbons (Fsp3) is 0.400. The van der Waals surface area contributed by atoms with Crippen molar-refractivity contribution in [1.29, 1.82) is 0 Å². The van der Waals surface area contributed by atoms with E-state index in [1.165, 1.54) is 0 Å². The van der Waals surface area contributed by atoms with Crippen LogP contribution < -0.4 is 0 Å².